The standard InChI is InChI=1S/C33H19N5/c34-20-21-13-15-22(16-14-21)23-17-18-25-24-7-2-5-11-29(24)37(31(25)19-23)33-36-27-9-3-1-8-26(27)32-35-28-10-4-6-12-30(28)38(32)33/h1-19H. The van der Waals surface area contributed by atoms with Crippen LogP contribution in [0.5, 0.6) is 0 Å². The van der Waals surface area contributed by atoms with Gasteiger partial charge in [-0.15, -0.1) is 0 Å². The zero-order valence-electron chi connectivity index (χ0n) is 20.2. The summed E-state index contributed by atoms with van der Waals surface area (Å²) in [5.74, 6) is 0.801. The average molecular weight is 486 g/mol. The molecule has 0 aliphatic rings. The molecule has 3 aromatic heterocycles. The fraction of sp³-hybridized carbons (Fsp3) is 0. The molecule has 5 aromatic carbocycles. The second-order valence-corrected chi connectivity index (χ2v) is 9.46. The van der Waals surface area contributed by atoms with Gasteiger partial charge in [-0.1, -0.05) is 66.7 Å². The molecule has 0 saturated heterocycles. The van der Waals surface area contributed by atoms with Crippen LogP contribution in [-0.4, -0.2) is 18.9 Å². The zero-order valence-corrected chi connectivity index (χ0v) is 20.2. The Morgan fingerprint density at radius 1 is 0.553 bits per heavy atom. The molecule has 0 amide bonds. The Balaban J connectivity index is 1.53. The molecule has 0 unspecified atom stereocenters. The van der Waals surface area contributed by atoms with E-state index >= 15 is 0 Å². The molecule has 0 N–H and O–H groups in total. The van der Waals surface area contributed by atoms with Crippen molar-refractivity contribution in [1.29, 1.82) is 5.26 Å². The van der Waals surface area contributed by atoms with E-state index < -0.39 is 0 Å². The Labute approximate surface area is 217 Å². The first-order chi connectivity index (χ1) is 18.8. The Morgan fingerprint density at radius 2 is 1.21 bits per heavy atom. The molecule has 5 nitrogen and oxygen atoms in total. The number of aromatic nitrogens is 4. The van der Waals surface area contributed by atoms with Gasteiger partial charge in [-0.25, -0.2) is 9.97 Å². The summed E-state index contributed by atoms with van der Waals surface area (Å²) in [6.45, 7) is 0. The van der Waals surface area contributed by atoms with Gasteiger partial charge in [0.05, 0.1) is 39.2 Å². The van der Waals surface area contributed by atoms with Crippen molar-refractivity contribution in [3.63, 3.8) is 0 Å². The van der Waals surface area contributed by atoms with Crippen molar-refractivity contribution in [3.8, 4) is 23.1 Å². The highest BCUT2D eigenvalue weighted by Gasteiger charge is 2.20. The lowest BCUT2D eigenvalue weighted by atomic mass is 10.0. The summed E-state index contributed by atoms with van der Waals surface area (Å²) in [6, 6.07) is 41.4. The van der Waals surface area contributed by atoms with Gasteiger partial charge in [0.15, 0.2) is 0 Å². The van der Waals surface area contributed by atoms with Crippen molar-refractivity contribution in [1.82, 2.24) is 18.9 Å². The van der Waals surface area contributed by atoms with E-state index in [9.17, 15) is 5.26 Å². The maximum atomic E-state index is 9.24. The minimum Gasteiger partial charge on any atom is -0.279 e. The van der Waals surface area contributed by atoms with Crippen molar-refractivity contribution in [3.05, 3.63) is 121 Å². The minimum atomic E-state index is 0.652. The summed E-state index contributed by atoms with van der Waals surface area (Å²) in [4.78, 5) is 10.3. The molecule has 176 valence electrons. The topological polar surface area (TPSA) is 58.9 Å². The number of para-hydroxylation sites is 4. The van der Waals surface area contributed by atoms with Gasteiger partial charge in [-0.3, -0.25) is 8.97 Å². The molecule has 0 spiro atoms. The SMILES string of the molecule is N#Cc1ccc(-c2ccc3c4ccccc4n(-c4nc5ccccc5c5nc6ccccc6n45)c3c2)cc1. The van der Waals surface area contributed by atoms with Crippen LogP contribution >= 0.6 is 0 Å². The summed E-state index contributed by atoms with van der Waals surface area (Å²) in [7, 11) is 0. The third-order valence-electron chi connectivity index (χ3n) is 7.35. The van der Waals surface area contributed by atoms with Crippen LogP contribution in [0, 0.1) is 11.3 Å². The maximum Gasteiger partial charge on any atom is 0.221 e. The molecule has 0 aliphatic carbocycles. The van der Waals surface area contributed by atoms with E-state index in [-0.39, 0.29) is 0 Å². The van der Waals surface area contributed by atoms with Crippen LogP contribution in [0.2, 0.25) is 0 Å². The largest absolute Gasteiger partial charge is 0.279 e. The highest BCUT2D eigenvalue weighted by Crippen LogP contribution is 2.36. The molecule has 0 saturated carbocycles. The Kier molecular flexibility index (Phi) is 4.23. The fourth-order valence-electron chi connectivity index (χ4n) is 5.58. The second kappa shape index (κ2) is 7.76. The first kappa shape index (κ1) is 20.7. The summed E-state index contributed by atoms with van der Waals surface area (Å²) in [5.41, 5.74) is 8.69. The lowest BCUT2D eigenvalue weighted by molar-refractivity contribution is 0.979. The molecule has 3 heterocycles. The summed E-state index contributed by atoms with van der Waals surface area (Å²) >= 11 is 0. The molecular weight excluding hydrogens is 466 g/mol. The van der Waals surface area contributed by atoms with E-state index in [4.69, 9.17) is 9.97 Å². The van der Waals surface area contributed by atoms with Crippen LogP contribution in [0.15, 0.2) is 115 Å². The van der Waals surface area contributed by atoms with Crippen LogP contribution in [0.25, 0.3) is 66.5 Å². The number of nitrogens with zero attached hydrogens (tertiary/aromatic N) is 5. The molecule has 38 heavy (non-hydrogen) atoms. The van der Waals surface area contributed by atoms with Gasteiger partial charge in [-0.05, 0) is 59.7 Å². The first-order valence-electron chi connectivity index (χ1n) is 12.5. The van der Waals surface area contributed by atoms with Gasteiger partial charge < -0.3 is 0 Å². The van der Waals surface area contributed by atoms with Crippen LogP contribution in [-0.2, 0) is 0 Å². The highest BCUT2D eigenvalue weighted by atomic mass is 15.2. The van der Waals surface area contributed by atoms with Crippen LogP contribution in [0.4, 0.5) is 0 Å². The Morgan fingerprint density at radius 3 is 2.03 bits per heavy atom. The number of hydrogen-bond donors (Lipinski definition) is 0. The normalized spacial score (nSPS) is 11.7. The van der Waals surface area contributed by atoms with Crippen molar-refractivity contribution < 1.29 is 0 Å². The zero-order chi connectivity index (χ0) is 25.2. The van der Waals surface area contributed by atoms with Gasteiger partial charge in [0.1, 0.15) is 5.65 Å². The monoisotopic (exact) mass is 485 g/mol. The number of fused-ring (bicyclic) bond motifs is 8. The molecule has 8 aromatic rings. The predicted octanol–water partition coefficient (Wildman–Crippen LogP) is 7.67. The Bertz CT molecular complexity index is 2240. The van der Waals surface area contributed by atoms with Crippen molar-refractivity contribution in [2.24, 2.45) is 0 Å². The minimum absolute atomic E-state index is 0.652. The highest BCUT2D eigenvalue weighted by molar-refractivity contribution is 6.10. The Hall–Kier alpha value is -5.47. The third kappa shape index (κ3) is 2.86. The van der Waals surface area contributed by atoms with Crippen molar-refractivity contribution in [2.45, 2.75) is 0 Å². The molecule has 0 aliphatic heterocycles. The molecule has 0 atom stereocenters. The fourth-order valence-corrected chi connectivity index (χ4v) is 5.58. The average Bonchev–Trinajstić information content (AvgIpc) is 3.53. The van der Waals surface area contributed by atoms with Crippen molar-refractivity contribution in [2.75, 3.05) is 0 Å². The third-order valence-corrected chi connectivity index (χ3v) is 7.35. The maximum absolute atomic E-state index is 9.24. The number of benzene rings is 5. The quantitative estimate of drug-likeness (QED) is 0.252. The molecule has 8 rings (SSSR count). The van der Waals surface area contributed by atoms with E-state index in [0.717, 1.165) is 61.1 Å². The predicted molar refractivity (Wildman–Crippen MR) is 152 cm³/mol. The second-order valence-electron chi connectivity index (χ2n) is 9.46. The summed E-state index contributed by atoms with van der Waals surface area (Å²) in [6.07, 6.45) is 0. The first-order valence-corrected chi connectivity index (χ1v) is 12.5. The summed E-state index contributed by atoms with van der Waals surface area (Å²) < 4.78 is 4.43. The van der Waals surface area contributed by atoms with Crippen LogP contribution in [0.1, 0.15) is 5.56 Å². The van der Waals surface area contributed by atoms with Gasteiger partial charge in [0.2, 0.25) is 5.95 Å². The molecule has 5 heteroatoms. The van der Waals surface area contributed by atoms with Crippen molar-refractivity contribution >= 4 is 49.4 Å². The van der Waals surface area contributed by atoms with Gasteiger partial charge in [0.25, 0.3) is 0 Å². The molecular formula is C33H19N5. The van der Waals surface area contributed by atoms with E-state index in [1.807, 2.05) is 54.6 Å². The van der Waals surface area contributed by atoms with E-state index in [2.05, 4.69) is 75.7 Å². The van der Waals surface area contributed by atoms with Gasteiger partial charge in [-0.2, -0.15) is 5.26 Å². The summed E-state index contributed by atoms with van der Waals surface area (Å²) in [5, 5.41) is 12.6. The van der Waals surface area contributed by atoms with E-state index in [1.54, 1.807) is 0 Å². The number of hydrogen-bond acceptors (Lipinski definition) is 3. The van der Waals surface area contributed by atoms with Crippen LogP contribution in [0.3, 0.4) is 0 Å². The number of imidazole rings is 1. The molecule has 0 fully saturated rings. The smallest absolute Gasteiger partial charge is 0.221 e. The van der Waals surface area contributed by atoms with Gasteiger partial charge in [0, 0.05) is 16.2 Å². The lowest BCUT2D eigenvalue weighted by Crippen LogP contribution is -2.06. The molecule has 0 bridgehead atoms. The van der Waals surface area contributed by atoms with Crippen LogP contribution < -0.4 is 0 Å². The van der Waals surface area contributed by atoms with Gasteiger partial charge >= 0.3 is 0 Å². The number of rotatable bonds is 2. The van der Waals surface area contributed by atoms with E-state index in [1.165, 1.54) is 5.39 Å². The molecule has 0 radical (unpaired) electrons. The van der Waals surface area contributed by atoms with E-state index in [0.29, 0.717) is 5.56 Å². The lowest BCUT2D eigenvalue weighted by Gasteiger charge is -2.13. The number of nitriles is 1.